The Bertz CT molecular complexity index is 306. The molecule has 2 unspecified atom stereocenters. The van der Waals surface area contributed by atoms with Crippen molar-refractivity contribution in [3.8, 4) is 0 Å². The summed E-state index contributed by atoms with van der Waals surface area (Å²) in [6.07, 6.45) is 3.06. The summed E-state index contributed by atoms with van der Waals surface area (Å²) >= 11 is 0. The molecule has 0 aromatic rings. The average molecular weight is 254 g/mol. The summed E-state index contributed by atoms with van der Waals surface area (Å²) in [6.45, 7) is 13.5. The van der Waals surface area contributed by atoms with E-state index in [1.54, 1.807) is 0 Å². The van der Waals surface area contributed by atoms with Crippen LogP contribution in [0.3, 0.4) is 0 Å². The summed E-state index contributed by atoms with van der Waals surface area (Å²) in [5.41, 5.74) is 0.400. The minimum atomic E-state index is -0.141. The number of aliphatic hydroxyl groups is 1. The second-order valence-electron chi connectivity index (χ2n) is 8.29. The third-order valence-corrected chi connectivity index (χ3v) is 4.84. The number of hydrogen-bond donors (Lipinski definition) is 3. The van der Waals surface area contributed by atoms with Gasteiger partial charge in [-0.05, 0) is 47.0 Å². The lowest BCUT2D eigenvalue weighted by molar-refractivity contribution is -0.0795. The van der Waals surface area contributed by atoms with E-state index in [9.17, 15) is 5.11 Å². The van der Waals surface area contributed by atoms with Crippen molar-refractivity contribution in [3.05, 3.63) is 0 Å². The van der Waals surface area contributed by atoms with Crippen LogP contribution in [0.5, 0.6) is 0 Å². The highest BCUT2D eigenvalue weighted by atomic mass is 16.3. The second kappa shape index (κ2) is 4.19. The van der Waals surface area contributed by atoms with Gasteiger partial charge in [-0.3, -0.25) is 0 Å². The molecule has 0 bridgehead atoms. The topological polar surface area (TPSA) is 44.3 Å². The van der Waals surface area contributed by atoms with Gasteiger partial charge in [-0.15, -0.1) is 0 Å². The number of aliphatic hydroxyl groups excluding tert-OH is 1. The van der Waals surface area contributed by atoms with Gasteiger partial charge in [-0.1, -0.05) is 13.8 Å². The van der Waals surface area contributed by atoms with E-state index in [-0.39, 0.29) is 22.6 Å². The molecule has 3 nitrogen and oxygen atoms in total. The second-order valence-corrected chi connectivity index (χ2v) is 8.29. The molecule has 1 aliphatic heterocycles. The predicted molar refractivity (Wildman–Crippen MR) is 75.6 cm³/mol. The average Bonchev–Trinajstić information content (AvgIpc) is 2.12. The summed E-state index contributed by atoms with van der Waals surface area (Å²) in [4.78, 5) is 0. The molecule has 2 rings (SSSR count). The fourth-order valence-electron chi connectivity index (χ4n) is 3.91. The Labute approximate surface area is 112 Å². The SMILES string of the molecule is CC1(C)CC(NC2CC(O)C2(C)C)CC(C)(C)N1. The van der Waals surface area contributed by atoms with Crippen LogP contribution in [0.2, 0.25) is 0 Å². The van der Waals surface area contributed by atoms with E-state index in [1.807, 2.05) is 0 Å². The van der Waals surface area contributed by atoms with Crippen molar-refractivity contribution in [1.82, 2.24) is 10.6 Å². The Hall–Kier alpha value is -0.120. The van der Waals surface area contributed by atoms with Gasteiger partial charge in [0.15, 0.2) is 0 Å². The number of rotatable bonds is 2. The summed E-state index contributed by atoms with van der Waals surface area (Å²) < 4.78 is 0. The molecule has 0 spiro atoms. The maximum absolute atomic E-state index is 9.83. The highest BCUT2D eigenvalue weighted by Gasteiger charge is 2.49. The van der Waals surface area contributed by atoms with Crippen LogP contribution >= 0.6 is 0 Å². The molecule has 0 aromatic heterocycles. The van der Waals surface area contributed by atoms with Crippen molar-refractivity contribution in [3.63, 3.8) is 0 Å². The van der Waals surface area contributed by atoms with Gasteiger partial charge in [0.05, 0.1) is 6.10 Å². The normalized spacial score (nSPS) is 38.2. The van der Waals surface area contributed by atoms with Crippen LogP contribution in [0.25, 0.3) is 0 Å². The van der Waals surface area contributed by atoms with E-state index in [4.69, 9.17) is 0 Å². The molecule has 1 aliphatic carbocycles. The zero-order chi connectivity index (χ0) is 13.8. The molecule has 3 N–H and O–H groups in total. The van der Waals surface area contributed by atoms with Crippen molar-refractivity contribution in [2.75, 3.05) is 0 Å². The first-order valence-corrected chi connectivity index (χ1v) is 7.25. The number of nitrogens with one attached hydrogen (secondary N) is 2. The fourth-order valence-corrected chi connectivity index (χ4v) is 3.91. The third-order valence-electron chi connectivity index (χ3n) is 4.84. The lowest BCUT2D eigenvalue weighted by Gasteiger charge is -2.54. The molecule has 1 heterocycles. The van der Waals surface area contributed by atoms with E-state index in [0.29, 0.717) is 12.1 Å². The quantitative estimate of drug-likeness (QED) is 0.706. The first kappa shape index (κ1) is 14.3. The van der Waals surface area contributed by atoms with E-state index < -0.39 is 0 Å². The van der Waals surface area contributed by atoms with Gasteiger partial charge in [-0.2, -0.15) is 0 Å². The van der Waals surface area contributed by atoms with E-state index in [1.165, 1.54) is 0 Å². The smallest absolute Gasteiger partial charge is 0.0621 e. The van der Waals surface area contributed by atoms with Gasteiger partial charge in [0, 0.05) is 28.6 Å². The van der Waals surface area contributed by atoms with Crippen LogP contribution in [0, 0.1) is 5.41 Å². The van der Waals surface area contributed by atoms with E-state index >= 15 is 0 Å². The Balaban J connectivity index is 1.98. The molecule has 2 fully saturated rings. The highest BCUT2D eigenvalue weighted by Crippen LogP contribution is 2.41. The minimum Gasteiger partial charge on any atom is -0.392 e. The van der Waals surface area contributed by atoms with Crippen LogP contribution in [-0.4, -0.2) is 34.4 Å². The standard InChI is InChI=1S/C15H30N2O/c1-13(2)8-10(9-14(3,4)17-13)16-11-7-12(18)15(11,5)6/h10-12,16-18H,7-9H2,1-6H3. The molecule has 0 radical (unpaired) electrons. The molecule has 1 saturated carbocycles. The van der Waals surface area contributed by atoms with Gasteiger partial charge in [0.25, 0.3) is 0 Å². The van der Waals surface area contributed by atoms with Crippen molar-refractivity contribution in [1.29, 1.82) is 0 Å². The highest BCUT2D eigenvalue weighted by molar-refractivity contribution is 5.06. The van der Waals surface area contributed by atoms with Crippen LogP contribution in [0.1, 0.15) is 60.8 Å². The van der Waals surface area contributed by atoms with Crippen molar-refractivity contribution in [2.45, 2.75) is 90.1 Å². The molecule has 106 valence electrons. The van der Waals surface area contributed by atoms with Crippen molar-refractivity contribution < 1.29 is 5.11 Å². The molecule has 0 aromatic carbocycles. The molecule has 3 heteroatoms. The van der Waals surface area contributed by atoms with Gasteiger partial charge < -0.3 is 15.7 Å². The third kappa shape index (κ3) is 2.73. The molecular formula is C15H30N2O. The molecule has 1 saturated heterocycles. The Morgan fingerprint density at radius 1 is 1.00 bits per heavy atom. The zero-order valence-electron chi connectivity index (χ0n) is 12.8. The first-order chi connectivity index (χ1) is 8.02. The van der Waals surface area contributed by atoms with Crippen LogP contribution in [0.4, 0.5) is 0 Å². The Kier molecular flexibility index (Phi) is 3.33. The fraction of sp³-hybridized carbons (Fsp3) is 1.00. The van der Waals surface area contributed by atoms with Crippen LogP contribution in [0.15, 0.2) is 0 Å². The number of piperidine rings is 1. The minimum absolute atomic E-state index is 0.0269. The van der Waals surface area contributed by atoms with E-state index in [2.05, 4.69) is 52.2 Å². The summed E-state index contributed by atoms with van der Waals surface area (Å²) in [6, 6.07) is 1.01. The maximum atomic E-state index is 9.83. The maximum Gasteiger partial charge on any atom is 0.0621 e. The van der Waals surface area contributed by atoms with Crippen molar-refractivity contribution >= 4 is 0 Å². The van der Waals surface area contributed by atoms with Gasteiger partial charge in [0.1, 0.15) is 0 Å². The molecule has 2 aliphatic rings. The van der Waals surface area contributed by atoms with E-state index in [0.717, 1.165) is 19.3 Å². The lowest BCUT2D eigenvalue weighted by atomic mass is 9.64. The zero-order valence-corrected chi connectivity index (χ0v) is 12.8. The van der Waals surface area contributed by atoms with Gasteiger partial charge in [-0.25, -0.2) is 0 Å². The lowest BCUT2D eigenvalue weighted by Crippen LogP contribution is -2.67. The van der Waals surface area contributed by atoms with Crippen molar-refractivity contribution in [2.24, 2.45) is 5.41 Å². The predicted octanol–water partition coefficient (Wildman–Crippen LogP) is 2.04. The monoisotopic (exact) mass is 254 g/mol. The molecule has 0 amide bonds. The molecule has 2 atom stereocenters. The summed E-state index contributed by atoms with van der Waals surface area (Å²) in [7, 11) is 0. The molecular weight excluding hydrogens is 224 g/mol. The van der Waals surface area contributed by atoms with Crippen LogP contribution in [-0.2, 0) is 0 Å². The summed E-state index contributed by atoms with van der Waals surface area (Å²) in [5.74, 6) is 0. The first-order valence-electron chi connectivity index (χ1n) is 7.25. The Morgan fingerprint density at radius 2 is 1.50 bits per heavy atom. The van der Waals surface area contributed by atoms with Gasteiger partial charge in [0.2, 0.25) is 0 Å². The summed E-state index contributed by atoms with van der Waals surface area (Å²) in [5, 5.41) is 17.3. The number of hydrogen-bond acceptors (Lipinski definition) is 3. The molecule has 18 heavy (non-hydrogen) atoms. The Morgan fingerprint density at radius 3 is 1.89 bits per heavy atom. The van der Waals surface area contributed by atoms with Crippen LogP contribution < -0.4 is 10.6 Å². The largest absolute Gasteiger partial charge is 0.392 e. The van der Waals surface area contributed by atoms with Gasteiger partial charge >= 0.3 is 0 Å².